The standard InChI is InChI=1S/C16H17ClN2O2S/c1-11(20)18-8-6-15(21)19-16(13-7-9-22-10-13)12-2-4-14(17)5-3-12/h2-5,7,9-10,16H,6,8H2,1H3,(H,18,20)(H,19,21). The van der Waals surface area contributed by atoms with Crippen LogP contribution in [0.5, 0.6) is 0 Å². The number of hydrogen-bond acceptors (Lipinski definition) is 3. The molecule has 1 atom stereocenters. The topological polar surface area (TPSA) is 58.2 Å². The van der Waals surface area contributed by atoms with Gasteiger partial charge in [-0.2, -0.15) is 11.3 Å². The van der Waals surface area contributed by atoms with Gasteiger partial charge in [0.25, 0.3) is 0 Å². The maximum atomic E-state index is 12.1. The first kappa shape index (κ1) is 16.5. The predicted molar refractivity (Wildman–Crippen MR) is 89.1 cm³/mol. The monoisotopic (exact) mass is 336 g/mol. The number of rotatable bonds is 6. The van der Waals surface area contributed by atoms with Crippen molar-refractivity contribution in [2.24, 2.45) is 0 Å². The second-order valence-electron chi connectivity index (χ2n) is 4.84. The van der Waals surface area contributed by atoms with Crippen LogP contribution in [0.15, 0.2) is 41.1 Å². The number of nitrogens with one attached hydrogen (secondary N) is 2. The number of carbonyl (C=O) groups excluding carboxylic acids is 2. The molecule has 116 valence electrons. The van der Waals surface area contributed by atoms with Gasteiger partial charge in [-0.25, -0.2) is 0 Å². The Morgan fingerprint density at radius 2 is 1.91 bits per heavy atom. The van der Waals surface area contributed by atoms with Crippen LogP contribution in [0.3, 0.4) is 0 Å². The quantitative estimate of drug-likeness (QED) is 0.851. The Labute approximate surface area is 138 Å². The molecule has 4 nitrogen and oxygen atoms in total. The van der Waals surface area contributed by atoms with Crippen molar-refractivity contribution in [1.82, 2.24) is 10.6 Å². The summed E-state index contributed by atoms with van der Waals surface area (Å²) in [5.74, 6) is -0.250. The van der Waals surface area contributed by atoms with E-state index in [1.165, 1.54) is 6.92 Å². The molecule has 6 heteroatoms. The van der Waals surface area contributed by atoms with E-state index in [9.17, 15) is 9.59 Å². The van der Waals surface area contributed by atoms with Crippen molar-refractivity contribution in [1.29, 1.82) is 0 Å². The molecule has 0 aliphatic carbocycles. The zero-order valence-electron chi connectivity index (χ0n) is 12.1. The summed E-state index contributed by atoms with van der Waals surface area (Å²) in [6, 6.07) is 9.18. The molecule has 0 aliphatic heterocycles. The van der Waals surface area contributed by atoms with Gasteiger partial charge in [-0.05, 0) is 40.1 Å². The molecule has 1 heterocycles. The summed E-state index contributed by atoms with van der Waals surface area (Å²) in [6.45, 7) is 1.76. The third-order valence-electron chi connectivity index (χ3n) is 3.11. The lowest BCUT2D eigenvalue weighted by Gasteiger charge is -2.18. The molecule has 0 saturated carbocycles. The van der Waals surface area contributed by atoms with E-state index in [1.807, 2.05) is 29.0 Å². The van der Waals surface area contributed by atoms with Gasteiger partial charge in [0.2, 0.25) is 11.8 Å². The lowest BCUT2D eigenvalue weighted by molar-refractivity contribution is -0.122. The van der Waals surface area contributed by atoms with E-state index < -0.39 is 0 Å². The van der Waals surface area contributed by atoms with Crippen LogP contribution in [-0.2, 0) is 9.59 Å². The van der Waals surface area contributed by atoms with Crippen molar-refractivity contribution < 1.29 is 9.59 Å². The van der Waals surface area contributed by atoms with Crippen LogP contribution in [0.1, 0.15) is 30.5 Å². The zero-order valence-corrected chi connectivity index (χ0v) is 13.7. The third-order valence-corrected chi connectivity index (χ3v) is 4.06. The molecule has 2 amide bonds. The minimum Gasteiger partial charge on any atom is -0.356 e. The van der Waals surface area contributed by atoms with Gasteiger partial charge < -0.3 is 10.6 Å². The average molecular weight is 337 g/mol. The van der Waals surface area contributed by atoms with Crippen LogP contribution in [0.25, 0.3) is 0 Å². The first-order valence-corrected chi connectivity index (χ1v) is 8.19. The lowest BCUT2D eigenvalue weighted by Crippen LogP contribution is -2.32. The molecule has 0 aliphatic rings. The van der Waals surface area contributed by atoms with Gasteiger partial charge in [-0.3, -0.25) is 9.59 Å². The van der Waals surface area contributed by atoms with Crippen LogP contribution in [0, 0.1) is 0 Å². The molecular weight excluding hydrogens is 320 g/mol. The minimum atomic E-state index is -0.214. The number of thiophene rings is 1. The summed E-state index contributed by atoms with van der Waals surface area (Å²) < 4.78 is 0. The highest BCUT2D eigenvalue weighted by Crippen LogP contribution is 2.25. The molecule has 2 N–H and O–H groups in total. The normalized spacial score (nSPS) is 11.7. The summed E-state index contributed by atoms with van der Waals surface area (Å²) in [7, 11) is 0. The highest BCUT2D eigenvalue weighted by atomic mass is 35.5. The Balaban J connectivity index is 2.07. The van der Waals surface area contributed by atoms with E-state index in [1.54, 1.807) is 23.5 Å². The van der Waals surface area contributed by atoms with Crippen LogP contribution in [0.4, 0.5) is 0 Å². The number of halogens is 1. The van der Waals surface area contributed by atoms with E-state index >= 15 is 0 Å². The maximum absolute atomic E-state index is 12.1. The van der Waals surface area contributed by atoms with Gasteiger partial charge in [-0.15, -0.1) is 0 Å². The number of amides is 2. The summed E-state index contributed by atoms with van der Waals surface area (Å²) in [5, 5.41) is 10.3. The lowest BCUT2D eigenvalue weighted by atomic mass is 10.0. The Hall–Kier alpha value is -1.85. The van der Waals surface area contributed by atoms with E-state index in [2.05, 4.69) is 10.6 Å². The van der Waals surface area contributed by atoms with Crippen molar-refractivity contribution in [2.75, 3.05) is 6.54 Å². The summed E-state index contributed by atoms with van der Waals surface area (Å²) in [6.07, 6.45) is 0.244. The van der Waals surface area contributed by atoms with E-state index in [-0.39, 0.29) is 24.3 Å². The second kappa shape index (κ2) is 7.96. The Morgan fingerprint density at radius 1 is 1.18 bits per heavy atom. The smallest absolute Gasteiger partial charge is 0.222 e. The largest absolute Gasteiger partial charge is 0.356 e. The average Bonchev–Trinajstić information content (AvgIpc) is 2.99. The number of benzene rings is 1. The molecule has 1 aromatic carbocycles. The molecule has 0 bridgehead atoms. The molecule has 0 fully saturated rings. The van der Waals surface area contributed by atoms with E-state index in [0.29, 0.717) is 11.6 Å². The first-order valence-electron chi connectivity index (χ1n) is 6.87. The molecule has 2 aromatic rings. The molecule has 0 radical (unpaired) electrons. The van der Waals surface area contributed by atoms with Crippen LogP contribution in [-0.4, -0.2) is 18.4 Å². The Kier molecular flexibility index (Phi) is 5.98. The zero-order chi connectivity index (χ0) is 15.9. The SMILES string of the molecule is CC(=O)NCCC(=O)NC(c1ccc(Cl)cc1)c1ccsc1. The van der Waals surface area contributed by atoms with Crippen LogP contribution in [0.2, 0.25) is 5.02 Å². The van der Waals surface area contributed by atoms with Crippen LogP contribution < -0.4 is 10.6 Å². The molecule has 2 rings (SSSR count). The first-order chi connectivity index (χ1) is 10.6. The molecule has 0 saturated heterocycles. The Morgan fingerprint density at radius 3 is 2.50 bits per heavy atom. The Bertz CT molecular complexity index is 626. The van der Waals surface area contributed by atoms with Crippen molar-refractivity contribution >= 4 is 34.8 Å². The fraction of sp³-hybridized carbons (Fsp3) is 0.250. The molecule has 1 aromatic heterocycles. The van der Waals surface area contributed by atoms with Crippen molar-refractivity contribution in [2.45, 2.75) is 19.4 Å². The van der Waals surface area contributed by atoms with E-state index in [0.717, 1.165) is 11.1 Å². The fourth-order valence-electron chi connectivity index (χ4n) is 2.04. The van der Waals surface area contributed by atoms with Gasteiger partial charge in [0.15, 0.2) is 0 Å². The fourth-order valence-corrected chi connectivity index (χ4v) is 2.85. The highest BCUT2D eigenvalue weighted by molar-refractivity contribution is 7.08. The van der Waals surface area contributed by atoms with Crippen molar-refractivity contribution in [3.05, 3.63) is 57.2 Å². The highest BCUT2D eigenvalue weighted by Gasteiger charge is 2.17. The molecule has 0 spiro atoms. The van der Waals surface area contributed by atoms with Gasteiger partial charge in [0.1, 0.15) is 0 Å². The molecule has 1 unspecified atom stereocenters. The molecular formula is C16H17ClN2O2S. The molecule has 22 heavy (non-hydrogen) atoms. The number of carbonyl (C=O) groups is 2. The van der Waals surface area contributed by atoms with Crippen LogP contribution >= 0.6 is 22.9 Å². The number of hydrogen-bond donors (Lipinski definition) is 2. The van der Waals surface area contributed by atoms with Gasteiger partial charge in [0, 0.05) is 24.9 Å². The summed E-state index contributed by atoms with van der Waals surface area (Å²) in [4.78, 5) is 22.9. The van der Waals surface area contributed by atoms with E-state index in [4.69, 9.17) is 11.6 Å². The van der Waals surface area contributed by atoms with Crippen molar-refractivity contribution in [3.8, 4) is 0 Å². The summed E-state index contributed by atoms with van der Waals surface area (Å²) >= 11 is 7.50. The van der Waals surface area contributed by atoms with Gasteiger partial charge in [-0.1, -0.05) is 23.7 Å². The summed E-state index contributed by atoms with van der Waals surface area (Å²) in [5.41, 5.74) is 2.00. The third kappa shape index (κ3) is 4.86. The van der Waals surface area contributed by atoms with Crippen molar-refractivity contribution in [3.63, 3.8) is 0 Å². The maximum Gasteiger partial charge on any atom is 0.222 e. The predicted octanol–water partition coefficient (Wildman–Crippen LogP) is 3.13. The van der Waals surface area contributed by atoms with Gasteiger partial charge in [0.05, 0.1) is 6.04 Å². The second-order valence-corrected chi connectivity index (χ2v) is 6.06. The minimum absolute atomic E-state index is 0.111. The van der Waals surface area contributed by atoms with Gasteiger partial charge >= 0.3 is 0 Å².